The number of carbonyl (C=O) groups is 1. The van der Waals surface area contributed by atoms with Gasteiger partial charge in [0, 0.05) is 24.5 Å². The van der Waals surface area contributed by atoms with Crippen LogP contribution in [0.4, 0.5) is 4.79 Å². The predicted octanol–water partition coefficient (Wildman–Crippen LogP) is 2.86. The van der Waals surface area contributed by atoms with Crippen molar-refractivity contribution in [2.75, 3.05) is 13.1 Å². The number of ether oxygens (including phenoxy) is 1. The van der Waals surface area contributed by atoms with Crippen LogP contribution in [0.3, 0.4) is 0 Å². The zero-order valence-electron chi connectivity index (χ0n) is 11.0. The summed E-state index contributed by atoms with van der Waals surface area (Å²) in [5, 5.41) is 7.89. The molecule has 0 bridgehead atoms. The lowest BCUT2D eigenvalue weighted by molar-refractivity contribution is 0.142. The van der Waals surface area contributed by atoms with Gasteiger partial charge in [-0.25, -0.2) is 4.79 Å². The van der Waals surface area contributed by atoms with Crippen molar-refractivity contribution in [3.8, 4) is 5.75 Å². The Morgan fingerprint density at radius 3 is 2.89 bits per heavy atom. The van der Waals surface area contributed by atoms with Crippen LogP contribution in [0.25, 0.3) is 10.9 Å². The Morgan fingerprint density at radius 1 is 1.32 bits per heavy atom. The van der Waals surface area contributed by atoms with Gasteiger partial charge in [0.2, 0.25) is 0 Å². The standard InChI is InChI=1S/C14H17N3O2/c1-10-7-11-9-15-16-12(11)8-13(10)19-14(18)17-5-3-2-4-6-17/h7-9H,2-6H2,1H3,(H,15,16). The predicted molar refractivity (Wildman–Crippen MR) is 72.3 cm³/mol. The first-order valence-electron chi connectivity index (χ1n) is 6.64. The molecule has 1 aromatic heterocycles. The van der Waals surface area contributed by atoms with Gasteiger partial charge in [-0.1, -0.05) is 0 Å². The summed E-state index contributed by atoms with van der Waals surface area (Å²) < 4.78 is 5.50. The molecule has 0 radical (unpaired) electrons. The van der Waals surface area contributed by atoms with E-state index in [1.807, 2.05) is 19.1 Å². The van der Waals surface area contributed by atoms with Crippen molar-refractivity contribution in [1.82, 2.24) is 15.1 Å². The van der Waals surface area contributed by atoms with Crippen LogP contribution in [0.15, 0.2) is 18.3 Å². The van der Waals surface area contributed by atoms with Crippen LogP contribution in [-0.2, 0) is 0 Å². The minimum Gasteiger partial charge on any atom is -0.410 e. The molecular weight excluding hydrogens is 242 g/mol. The summed E-state index contributed by atoms with van der Waals surface area (Å²) in [5.41, 5.74) is 1.83. The minimum absolute atomic E-state index is 0.248. The van der Waals surface area contributed by atoms with Gasteiger partial charge < -0.3 is 9.64 Å². The maximum atomic E-state index is 12.1. The van der Waals surface area contributed by atoms with E-state index in [-0.39, 0.29) is 6.09 Å². The number of carbonyl (C=O) groups excluding carboxylic acids is 1. The highest BCUT2D eigenvalue weighted by Gasteiger charge is 2.19. The molecule has 3 rings (SSSR count). The Hall–Kier alpha value is -2.04. The summed E-state index contributed by atoms with van der Waals surface area (Å²) >= 11 is 0. The minimum atomic E-state index is -0.248. The van der Waals surface area contributed by atoms with Crippen molar-refractivity contribution in [3.63, 3.8) is 0 Å². The van der Waals surface area contributed by atoms with Crippen LogP contribution >= 0.6 is 0 Å². The molecule has 1 aromatic carbocycles. The topological polar surface area (TPSA) is 58.2 Å². The monoisotopic (exact) mass is 259 g/mol. The second-order valence-corrected chi connectivity index (χ2v) is 4.99. The Labute approximate surface area is 111 Å². The molecule has 19 heavy (non-hydrogen) atoms. The number of H-pyrrole nitrogens is 1. The third-order valence-corrected chi connectivity index (χ3v) is 3.55. The Morgan fingerprint density at radius 2 is 2.11 bits per heavy atom. The van der Waals surface area contributed by atoms with Gasteiger partial charge >= 0.3 is 6.09 Å². The zero-order valence-corrected chi connectivity index (χ0v) is 11.0. The molecule has 0 spiro atoms. The molecular formula is C14H17N3O2. The molecule has 5 nitrogen and oxygen atoms in total. The van der Waals surface area contributed by atoms with E-state index in [0.29, 0.717) is 5.75 Å². The molecule has 0 unspecified atom stereocenters. The molecule has 5 heteroatoms. The van der Waals surface area contributed by atoms with Gasteiger partial charge in [0.1, 0.15) is 5.75 Å². The smallest absolute Gasteiger partial charge is 0.410 e. The fraction of sp³-hybridized carbons (Fsp3) is 0.429. The summed E-state index contributed by atoms with van der Waals surface area (Å²) in [6.07, 6.45) is 4.84. The highest BCUT2D eigenvalue weighted by atomic mass is 16.6. The quantitative estimate of drug-likeness (QED) is 0.856. The molecule has 2 aromatic rings. The third-order valence-electron chi connectivity index (χ3n) is 3.55. The average Bonchev–Trinajstić information content (AvgIpc) is 2.87. The molecule has 0 aliphatic carbocycles. The molecule has 100 valence electrons. The Bertz CT molecular complexity index is 600. The third kappa shape index (κ3) is 2.41. The van der Waals surface area contributed by atoms with Gasteiger partial charge in [0.25, 0.3) is 0 Å². The summed E-state index contributed by atoms with van der Waals surface area (Å²) in [5.74, 6) is 0.604. The van der Waals surface area contributed by atoms with Crippen molar-refractivity contribution < 1.29 is 9.53 Å². The number of likely N-dealkylation sites (tertiary alicyclic amines) is 1. The first-order valence-corrected chi connectivity index (χ1v) is 6.64. The SMILES string of the molecule is Cc1cc2cn[nH]c2cc1OC(=O)N1CCCCC1. The Balaban J connectivity index is 1.79. The number of piperidine rings is 1. The van der Waals surface area contributed by atoms with Crippen LogP contribution in [0.2, 0.25) is 0 Å². The van der Waals surface area contributed by atoms with E-state index < -0.39 is 0 Å². The molecule has 0 saturated carbocycles. The lowest BCUT2D eigenvalue weighted by atomic mass is 10.1. The Kier molecular flexibility index (Phi) is 3.11. The van der Waals surface area contributed by atoms with Crippen LogP contribution in [0.1, 0.15) is 24.8 Å². The van der Waals surface area contributed by atoms with E-state index in [1.54, 1.807) is 11.1 Å². The van der Waals surface area contributed by atoms with Crippen molar-refractivity contribution in [2.24, 2.45) is 0 Å². The normalized spacial score (nSPS) is 15.7. The number of nitrogens with zero attached hydrogens (tertiary/aromatic N) is 2. The number of amides is 1. The van der Waals surface area contributed by atoms with Crippen LogP contribution in [0.5, 0.6) is 5.75 Å². The second-order valence-electron chi connectivity index (χ2n) is 4.99. The van der Waals surface area contributed by atoms with Gasteiger partial charge in [-0.2, -0.15) is 5.10 Å². The number of rotatable bonds is 1. The number of benzene rings is 1. The number of aryl methyl sites for hydroxylation is 1. The largest absolute Gasteiger partial charge is 0.415 e. The van der Waals surface area contributed by atoms with Crippen LogP contribution < -0.4 is 4.74 Å². The molecule has 1 N–H and O–H groups in total. The van der Waals surface area contributed by atoms with Gasteiger partial charge in [0.05, 0.1) is 11.7 Å². The van der Waals surface area contributed by atoms with Gasteiger partial charge in [-0.3, -0.25) is 5.10 Å². The van der Waals surface area contributed by atoms with E-state index >= 15 is 0 Å². The van der Waals surface area contributed by atoms with Crippen LogP contribution in [-0.4, -0.2) is 34.3 Å². The van der Waals surface area contributed by atoms with E-state index in [2.05, 4.69) is 10.2 Å². The lowest BCUT2D eigenvalue weighted by Crippen LogP contribution is -2.37. The van der Waals surface area contributed by atoms with E-state index in [4.69, 9.17) is 4.74 Å². The van der Waals surface area contributed by atoms with E-state index in [1.165, 1.54) is 6.42 Å². The zero-order chi connectivity index (χ0) is 13.2. The average molecular weight is 259 g/mol. The van der Waals surface area contributed by atoms with Crippen molar-refractivity contribution in [1.29, 1.82) is 0 Å². The molecule has 1 amide bonds. The molecule has 0 atom stereocenters. The number of aromatic nitrogens is 2. The molecule has 1 fully saturated rings. The molecule has 1 aliphatic heterocycles. The highest BCUT2D eigenvalue weighted by Crippen LogP contribution is 2.25. The number of nitrogens with one attached hydrogen (secondary N) is 1. The number of fused-ring (bicyclic) bond motifs is 1. The van der Waals surface area contributed by atoms with Gasteiger partial charge in [-0.05, 0) is 37.8 Å². The maximum absolute atomic E-state index is 12.1. The second kappa shape index (κ2) is 4.91. The van der Waals surface area contributed by atoms with Gasteiger partial charge in [-0.15, -0.1) is 0 Å². The van der Waals surface area contributed by atoms with Crippen LogP contribution in [0, 0.1) is 6.92 Å². The number of hydrogen-bond donors (Lipinski definition) is 1. The molecule has 1 saturated heterocycles. The summed E-state index contributed by atoms with van der Waals surface area (Å²) in [6.45, 7) is 3.53. The van der Waals surface area contributed by atoms with Crippen molar-refractivity contribution in [3.05, 3.63) is 23.9 Å². The van der Waals surface area contributed by atoms with Crippen molar-refractivity contribution in [2.45, 2.75) is 26.2 Å². The summed E-state index contributed by atoms with van der Waals surface area (Å²) in [7, 11) is 0. The number of hydrogen-bond acceptors (Lipinski definition) is 3. The van der Waals surface area contributed by atoms with Crippen molar-refractivity contribution >= 4 is 17.0 Å². The highest BCUT2D eigenvalue weighted by molar-refractivity contribution is 5.82. The molecule has 2 heterocycles. The first kappa shape index (κ1) is 12.0. The van der Waals surface area contributed by atoms with Gasteiger partial charge in [0.15, 0.2) is 0 Å². The summed E-state index contributed by atoms with van der Waals surface area (Å²) in [4.78, 5) is 13.8. The van der Waals surface area contributed by atoms with E-state index in [0.717, 1.165) is 42.4 Å². The van der Waals surface area contributed by atoms with E-state index in [9.17, 15) is 4.79 Å². The number of aromatic amines is 1. The summed E-state index contributed by atoms with van der Waals surface area (Å²) in [6, 6.07) is 3.80. The molecule has 1 aliphatic rings. The lowest BCUT2D eigenvalue weighted by Gasteiger charge is -2.25. The maximum Gasteiger partial charge on any atom is 0.415 e. The fourth-order valence-corrected chi connectivity index (χ4v) is 2.43. The first-order chi connectivity index (χ1) is 9.24. The fourth-order valence-electron chi connectivity index (χ4n) is 2.43.